The van der Waals surface area contributed by atoms with E-state index in [0.717, 1.165) is 36.3 Å². The summed E-state index contributed by atoms with van der Waals surface area (Å²) >= 11 is 0. The molecular weight excluding hydrogens is 238 g/mol. The third kappa shape index (κ3) is 4.43. The van der Waals surface area contributed by atoms with Crippen LogP contribution in [0.3, 0.4) is 0 Å². The fraction of sp³-hybridized carbons (Fsp3) is 0.625. The first kappa shape index (κ1) is 15.8. The van der Waals surface area contributed by atoms with Crippen LogP contribution in [0, 0.1) is 0 Å². The number of benzene rings is 1. The van der Waals surface area contributed by atoms with Gasteiger partial charge in [0.25, 0.3) is 0 Å². The van der Waals surface area contributed by atoms with Crippen molar-refractivity contribution in [3.8, 4) is 11.5 Å². The van der Waals surface area contributed by atoms with E-state index in [1.165, 1.54) is 5.56 Å². The Labute approximate surface area is 117 Å². The van der Waals surface area contributed by atoms with Crippen molar-refractivity contribution < 1.29 is 9.47 Å². The summed E-state index contributed by atoms with van der Waals surface area (Å²) in [5.41, 5.74) is 8.41. The molecule has 19 heavy (non-hydrogen) atoms. The van der Waals surface area contributed by atoms with Crippen LogP contribution < -0.4 is 15.2 Å². The molecule has 108 valence electrons. The van der Waals surface area contributed by atoms with Crippen LogP contribution in [0.25, 0.3) is 0 Å². The molecule has 1 rings (SSSR count). The Kier molecular flexibility index (Phi) is 6.71. The summed E-state index contributed by atoms with van der Waals surface area (Å²) in [6.07, 6.45) is 2.73. The molecule has 3 nitrogen and oxygen atoms in total. The maximum Gasteiger partial charge on any atom is 0.123 e. The summed E-state index contributed by atoms with van der Waals surface area (Å²) in [6.45, 7) is 9.60. The number of ether oxygens (including phenoxy) is 2. The van der Waals surface area contributed by atoms with Crippen molar-refractivity contribution in [1.29, 1.82) is 0 Å². The number of rotatable bonds is 8. The normalized spacial score (nSPS) is 12.3. The van der Waals surface area contributed by atoms with Crippen molar-refractivity contribution in [1.82, 2.24) is 0 Å². The van der Waals surface area contributed by atoms with Crippen LogP contribution in [-0.2, 0) is 12.8 Å². The smallest absolute Gasteiger partial charge is 0.123 e. The lowest BCUT2D eigenvalue weighted by Crippen LogP contribution is -2.22. The zero-order valence-electron chi connectivity index (χ0n) is 12.7. The van der Waals surface area contributed by atoms with Gasteiger partial charge in [-0.15, -0.1) is 0 Å². The van der Waals surface area contributed by atoms with E-state index in [1.807, 2.05) is 13.8 Å². The summed E-state index contributed by atoms with van der Waals surface area (Å²) in [4.78, 5) is 0. The largest absolute Gasteiger partial charge is 0.494 e. The van der Waals surface area contributed by atoms with Gasteiger partial charge in [0, 0.05) is 6.04 Å². The highest BCUT2D eigenvalue weighted by atomic mass is 16.5. The van der Waals surface area contributed by atoms with Crippen molar-refractivity contribution in [2.24, 2.45) is 5.73 Å². The number of nitrogens with two attached hydrogens (primary N) is 1. The average Bonchev–Trinajstić information content (AvgIpc) is 2.41. The highest BCUT2D eigenvalue weighted by Crippen LogP contribution is 2.30. The second kappa shape index (κ2) is 8.05. The van der Waals surface area contributed by atoms with Gasteiger partial charge in [-0.05, 0) is 56.4 Å². The fourth-order valence-electron chi connectivity index (χ4n) is 2.09. The molecule has 0 radical (unpaired) electrons. The maximum atomic E-state index is 6.07. The van der Waals surface area contributed by atoms with Gasteiger partial charge in [-0.2, -0.15) is 0 Å². The van der Waals surface area contributed by atoms with Crippen LogP contribution in [0.1, 0.15) is 45.2 Å². The van der Waals surface area contributed by atoms with Crippen molar-refractivity contribution >= 4 is 0 Å². The molecule has 0 heterocycles. The van der Waals surface area contributed by atoms with Gasteiger partial charge in [-0.1, -0.05) is 13.8 Å². The molecule has 1 aromatic carbocycles. The first-order chi connectivity index (χ1) is 9.15. The molecule has 0 bridgehead atoms. The van der Waals surface area contributed by atoms with Gasteiger partial charge in [-0.3, -0.25) is 0 Å². The Morgan fingerprint density at radius 3 is 1.95 bits per heavy atom. The van der Waals surface area contributed by atoms with Gasteiger partial charge in [0.2, 0.25) is 0 Å². The Bertz CT molecular complexity index is 391. The molecule has 0 aliphatic heterocycles. The lowest BCUT2D eigenvalue weighted by molar-refractivity contribution is 0.324. The van der Waals surface area contributed by atoms with Gasteiger partial charge in [0.1, 0.15) is 11.5 Å². The van der Waals surface area contributed by atoms with Gasteiger partial charge in [-0.25, -0.2) is 0 Å². The van der Waals surface area contributed by atoms with Crippen molar-refractivity contribution in [3.05, 3.63) is 23.3 Å². The van der Waals surface area contributed by atoms with Crippen LogP contribution in [0.5, 0.6) is 11.5 Å². The van der Waals surface area contributed by atoms with Crippen molar-refractivity contribution in [2.75, 3.05) is 13.2 Å². The number of hydrogen-bond donors (Lipinski definition) is 1. The molecule has 0 saturated heterocycles. The van der Waals surface area contributed by atoms with Crippen molar-refractivity contribution in [3.63, 3.8) is 0 Å². The van der Waals surface area contributed by atoms with E-state index in [0.29, 0.717) is 13.2 Å². The standard InChI is InChI=1S/C16H27NO2/c1-5-12-10-16(19-8-4)13(9-14(17)6-2)11-15(12)18-7-3/h10-11,14H,5-9,17H2,1-4H3. The summed E-state index contributed by atoms with van der Waals surface area (Å²) in [5.74, 6) is 1.92. The Morgan fingerprint density at radius 1 is 0.947 bits per heavy atom. The molecule has 1 unspecified atom stereocenters. The first-order valence-electron chi connectivity index (χ1n) is 7.33. The van der Waals surface area contributed by atoms with Crippen LogP contribution in [0.2, 0.25) is 0 Å². The second-order valence-corrected chi connectivity index (χ2v) is 4.66. The molecule has 1 atom stereocenters. The van der Waals surface area contributed by atoms with Crippen LogP contribution in [0.4, 0.5) is 0 Å². The third-order valence-corrected chi connectivity index (χ3v) is 3.23. The summed E-state index contributed by atoms with van der Waals surface area (Å²) in [6, 6.07) is 4.37. The topological polar surface area (TPSA) is 44.5 Å². The molecule has 0 aliphatic rings. The molecule has 1 aromatic rings. The summed E-state index contributed by atoms with van der Waals surface area (Å²) in [7, 11) is 0. The predicted octanol–water partition coefficient (Wildman–Crippen LogP) is 3.33. The summed E-state index contributed by atoms with van der Waals surface area (Å²) in [5, 5.41) is 0. The van der Waals surface area contributed by atoms with E-state index in [2.05, 4.69) is 26.0 Å². The first-order valence-corrected chi connectivity index (χ1v) is 7.33. The molecular formula is C16H27NO2. The minimum Gasteiger partial charge on any atom is -0.494 e. The van der Waals surface area contributed by atoms with E-state index >= 15 is 0 Å². The molecule has 3 heteroatoms. The van der Waals surface area contributed by atoms with Crippen LogP contribution in [-0.4, -0.2) is 19.3 Å². The van der Waals surface area contributed by atoms with Gasteiger partial charge < -0.3 is 15.2 Å². The third-order valence-electron chi connectivity index (χ3n) is 3.23. The maximum absolute atomic E-state index is 6.07. The van der Waals surface area contributed by atoms with E-state index in [9.17, 15) is 0 Å². The number of aryl methyl sites for hydroxylation is 1. The van der Waals surface area contributed by atoms with Gasteiger partial charge >= 0.3 is 0 Å². The van der Waals surface area contributed by atoms with Crippen LogP contribution >= 0.6 is 0 Å². The van der Waals surface area contributed by atoms with E-state index in [4.69, 9.17) is 15.2 Å². The molecule has 0 amide bonds. The highest BCUT2D eigenvalue weighted by molar-refractivity contribution is 5.47. The second-order valence-electron chi connectivity index (χ2n) is 4.66. The molecule has 0 aromatic heterocycles. The molecule has 0 spiro atoms. The van der Waals surface area contributed by atoms with E-state index in [1.54, 1.807) is 0 Å². The van der Waals surface area contributed by atoms with Crippen LogP contribution in [0.15, 0.2) is 12.1 Å². The Hall–Kier alpha value is -1.22. The minimum absolute atomic E-state index is 0.168. The molecule has 0 saturated carbocycles. The Balaban J connectivity index is 3.12. The van der Waals surface area contributed by atoms with E-state index in [-0.39, 0.29) is 6.04 Å². The molecule has 0 aliphatic carbocycles. The quantitative estimate of drug-likeness (QED) is 0.784. The lowest BCUT2D eigenvalue weighted by atomic mass is 10.00. The number of hydrogen-bond acceptors (Lipinski definition) is 3. The average molecular weight is 265 g/mol. The minimum atomic E-state index is 0.168. The zero-order valence-corrected chi connectivity index (χ0v) is 12.7. The Morgan fingerprint density at radius 2 is 1.47 bits per heavy atom. The highest BCUT2D eigenvalue weighted by Gasteiger charge is 2.13. The van der Waals surface area contributed by atoms with Gasteiger partial charge in [0.05, 0.1) is 13.2 Å². The fourth-order valence-corrected chi connectivity index (χ4v) is 2.09. The summed E-state index contributed by atoms with van der Waals surface area (Å²) < 4.78 is 11.5. The van der Waals surface area contributed by atoms with E-state index < -0.39 is 0 Å². The molecule has 0 fully saturated rings. The van der Waals surface area contributed by atoms with Gasteiger partial charge in [0.15, 0.2) is 0 Å². The molecule has 2 N–H and O–H groups in total. The van der Waals surface area contributed by atoms with Crippen molar-refractivity contribution in [2.45, 2.75) is 53.0 Å². The SMILES string of the molecule is CCOc1cc(CC(N)CC)c(OCC)cc1CC. The predicted molar refractivity (Wildman–Crippen MR) is 80.1 cm³/mol. The lowest BCUT2D eigenvalue weighted by Gasteiger charge is -2.18. The zero-order chi connectivity index (χ0) is 14.3. The monoisotopic (exact) mass is 265 g/mol.